The van der Waals surface area contributed by atoms with E-state index in [1.807, 2.05) is 66.4 Å². The van der Waals surface area contributed by atoms with Crippen LogP contribution in [0.5, 0.6) is 5.75 Å². The Morgan fingerprint density at radius 2 is 1.62 bits per heavy atom. The second-order valence-electron chi connectivity index (χ2n) is 8.23. The van der Waals surface area contributed by atoms with Crippen LogP contribution in [0.3, 0.4) is 0 Å². The van der Waals surface area contributed by atoms with Crippen LogP contribution < -0.4 is 14.5 Å². The summed E-state index contributed by atoms with van der Waals surface area (Å²) in [6.45, 7) is 4.91. The Morgan fingerprint density at radius 1 is 0.938 bits per heavy atom. The average Bonchev–Trinajstić information content (AvgIpc) is 2.83. The van der Waals surface area contributed by atoms with Gasteiger partial charge in [-0.3, -0.25) is 4.79 Å². The van der Waals surface area contributed by atoms with E-state index in [2.05, 4.69) is 30.0 Å². The molecule has 1 aromatic heterocycles. The van der Waals surface area contributed by atoms with Gasteiger partial charge in [0.05, 0.1) is 24.1 Å². The maximum Gasteiger partial charge on any atom is 0.257 e. The number of amides is 1. The monoisotopic (exact) mass is 430 g/mol. The molecule has 0 atom stereocenters. The number of carbonyl (C=O) groups excluding carboxylic acids is 1. The zero-order chi connectivity index (χ0) is 22.7. The molecule has 0 saturated carbocycles. The molecule has 2 aromatic carbocycles. The molecule has 1 aliphatic rings. The summed E-state index contributed by atoms with van der Waals surface area (Å²) in [5.74, 6) is 1.58. The van der Waals surface area contributed by atoms with Crippen molar-refractivity contribution in [2.75, 3.05) is 57.2 Å². The van der Waals surface area contributed by atoms with Crippen LogP contribution in [0.15, 0.2) is 60.7 Å². The Kier molecular flexibility index (Phi) is 6.30. The molecule has 6 nitrogen and oxygen atoms in total. The Bertz CT molecular complexity index is 1100. The third-order valence-corrected chi connectivity index (χ3v) is 5.94. The molecule has 0 radical (unpaired) electrons. The maximum absolute atomic E-state index is 13.4. The topological polar surface area (TPSA) is 48.9 Å². The van der Waals surface area contributed by atoms with Gasteiger partial charge < -0.3 is 19.4 Å². The highest BCUT2D eigenvalue weighted by Gasteiger charge is 2.26. The van der Waals surface area contributed by atoms with E-state index in [-0.39, 0.29) is 5.91 Å². The third kappa shape index (κ3) is 4.26. The molecule has 0 unspecified atom stereocenters. The van der Waals surface area contributed by atoms with E-state index in [1.54, 1.807) is 7.11 Å². The first-order chi connectivity index (χ1) is 15.5. The van der Waals surface area contributed by atoms with Gasteiger partial charge in [-0.2, -0.15) is 0 Å². The van der Waals surface area contributed by atoms with Crippen molar-refractivity contribution in [3.63, 3.8) is 0 Å². The molecule has 2 heterocycles. The highest BCUT2D eigenvalue weighted by atomic mass is 16.5. The van der Waals surface area contributed by atoms with Gasteiger partial charge in [0.25, 0.3) is 5.91 Å². The molecular formula is C26H30N4O2. The lowest BCUT2D eigenvalue weighted by Gasteiger charge is -2.37. The average molecular weight is 431 g/mol. The minimum Gasteiger partial charge on any atom is -0.495 e. The first kappa shape index (κ1) is 21.7. The summed E-state index contributed by atoms with van der Waals surface area (Å²) in [5.41, 5.74) is 4.83. The number of nitrogens with zero attached hydrogens (tertiary/aromatic N) is 4. The van der Waals surface area contributed by atoms with E-state index in [9.17, 15) is 4.79 Å². The molecule has 1 aliphatic heterocycles. The number of aromatic nitrogens is 1. The third-order valence-electron chi connectivity index (χ3n) is 5.94. The molecule has 0 bridgehead atoms. The number of piperazine rings is 1. The lowest BCUT2D eigenvalue weighted by Crippen LogP contribution is -2.49. The lowest BCUT2D eigenvalue weighted by atomic mass is 10.0. The zero-order valence-electron chi connectivity index (χ0n) is 19.2. The van der Waals surface area contributed by atoms with Crippen LogP contribution in [-0.4, -0.2) is 63.2 Å². The van der Waals surface area contributed by atoms with Crippen molar-refractivity contribution in [1.82, 2.24) is 9.88 Å². The van der Waals surface area contributed by atoms with Gasteiger partial charge in [-0.15, -0.1) is 0 Å². The van der Waals surface area contributed by atoms with Crippen molar-refractivity contribution < 1.29 is 9.53 Å². The molecule has 0 aliphatic carbocycles. The highest BCUT2D eigenvalue weighted by molar-refractivity contribution is 5.99. The second kappa shape index (κ2) is 9.30. The molecule has 1 amide bonds. The fourth-order valence-electron chi connectivity index (χ4n) is 4.18. The van der Waals surface area contributed by atoms with E-state index >= 15 is 0 Å². The molecule has 3 aromatic rings. The maximum atomic E-state index is 13.4. The van der Waals surface area contributed by atoms with Gasteiger partial charge in [0, 0.05) is 45.8 Å². The summed E-state index contributed by atoms with van der Waals surface area (Å²) >= 11 is 0. The van der Waals surface area contributed by atoms with Gasteiger partial charge in [0.1, 0.15) is 11.6 Å². The Morgan fingerprint density at radius 3 is 2.31 bits per heavy atom. The van der Waals surface area contributed by atoms with Crippen LogP contribution in [0, 0.1) is 6.92 Å². The second-order valence-corrected chi connectivity index (χ2v) is 8.23. The van der Waals surface area contributed by atoms with Gasteiger partial charge in [-0.1, -0.05) is 36.4 Å². The summed E-state index contributed by atoms with van der Waals surface area (Å²) in [6.07, 6.45) is 0. The largest absolute Gasteiger partial charge is 0.495 e. The van der Waals surface area contributed by atoms with E-state index < -0.39 is 0 Å². The summed E-state index contributed by atoms with van der Waals surface area (Å²) < 4.78 is 5.50. The molecule has 166 valence electrons. The van der Waals surface area contributed by atoms with E-state index in [0.29, 0.717) is 24.5 Å². The molecule has 6 heteroatoms. The van der Waals surface area contributed by atoms with Crippen LogP contribution in [0.4, 0.5) is 11.5 Å². The van der Waals surface area contributed by atoms with Gasteiger partial charge in [-0.05, 0) is 36.8 Å². The minimum atomic E-state index is 0.0252. The number of carbonyl (C=O) groups is 1. The minimum absolute atomic E-state index is 0.0252. The fourth-order valence-corrected chi connectivity index (χ4v) is 4.18. The molecular weight excluding hydrogens is 400 g/mol. The molecule has 1 saturated heterocycles. The molecule has 4 rings (SSSR count). The zero-order valence-corrected chi connectivity index (χ0v) is 19.2. The number of ether oxygens (including phenoxy) is 1. The number of rotatable bonds is 5. The van der Waals surface area contributed by atoms with Crippen molar-refractivity contribution >= 4 is 17.4 Å². The first-order valence-corrected chi connectivity index (χ1v) is 10.9. The van der Waals surface area contributed by atoms with E-state index in [0.717, 1.165) is 41.3 Å². The van der Waals surface area contributed by atoms with Crippen LogP contribution in [0.2, 0.25) is 0 Å². The Balaban J connectivity index is 1.54. The number of para-hydroxylation sites is 2. The van der Waals surface area contributed by atoms with Crippen molar-refractivity contribution in [3.8, 4) is 17.0 Å². The SMILES string of the molecule is COc1ccccc1N1CCN(C(=O)c2ccc(-c3ccccc3C)nc2N(C)C)CC1. The predicted molar refractivity (Wildman–Crippen MR) is 130 cm³/mol. The van der Waals surface area contributed by atoms with Crippen LogP contribution in [0.25, 0.3) is 11.3 Å². The van der Waals surface area contributed by atoms with Crippen LogP contribution >= 0.6 is 0 Å². The Hall–Kier alpha value is -3.54. The summed E-state index contributed by atoms with van der Waals surface area (Å²) in [4.78, 5) is 24.4. The highest BCUT2D eigenvalue weighted by Crippen LogP contribution is 2.30. The lowest BCUT2D eigenvalue weighted by molar-refractivity contribution is 0.0747. The number of pyridine rings is 1. The summed E-state index contributed by atoms with van der Waals surface area (Å²) in [6, 6.07) is 20.1. The molecule has 0 spiro atoms. The number of methoxy groups -OCH3 is 1. The summed E-state index contributed by atoms with van der Waals surface area (Å²) in [7, 11) is 5.55. The van der Waals surface area contributed by atoms with E-state index in [1.165, 1.54) is 0 Å². The summed E-state index contributed by atoms with van der Waals surface area (Å²) in [5, 5.41) is 0. The van der Waals surface area contributed by atoms with Crippen molar-refractivity contribution in [2.45, 2.75) is 6.92 Å². The van der Waals surface area contributed by atoms with Gasteiger partial charge in [-0.25, -0.2) is 4.98 Å². The smallest absolute Gasteiger partial charge is 0.257 e. The van der Waals surface area contributed by atoms with Crippen molar-refractivity contribution in [2.24, 2.45) is 0 Å². The van der Waals surface area contributed by atoms with Gasteiger partial charge in [0.2, 0.25) is 0 Å². The number of hydrogen-bond donors (Lipinski definition) is 0. The van der Waals surface area contributed by atoms with Crippen molar-refractivity contribution in [3.05, 3.63) is 71.8 Å². The Labute approximate surface area is 190 Å². The number of aryl methyl sites for hydroxylation is 1. The molecule has 0 N–H and O–H groups in total. The predicted octanol–water partition coefficient (Wildman–Crippen LogP) is 4.09. The van der Waals surface area contributed by atoms with E-state index in [4.69, 9.17) is 9.72 Å². The quantitative estimate of drug-likeness (QED) is 0.610. The van der Waals surface area contributed by atoms with Crippen LogP contribution in [-0.2, 0) is 0 Å². The standard InChI is InChI=1S/C26H30N4O2/c1-19-9-5-6-10-20(19)22-14-13-21(25(27-22)28(2)3)26(31)30-17-15-29(16-18-30)23-11-7-8-12-24(23)32-4/h5-14H,15-18H2,1-4H3. The van der Waals surface area contributed by atoms with Crippen LogP contribution in [0.1, 0.15) is 15.9 Å². The fraction of sp³-hybridized carbons (Fsp3) is 0.308. The normalized spacial score (nSPS) is 13.8. The first-order valence-electron chi connectivity index (χ1n) is 10.9. The van der Waals surface area contributed by atoms with Gasteiger partial charge >= 0.3 is 0 Å². The molecule has 1 fully saturated rings. The van der Waals surface area contributed by atoms with Gasteiger partial charge in [0.15, 0.2) is 0 Å². The number of anilines is 2. The number of benzene rings is 2. The van der Waals surface area contributed by atoms with Crippen molar-refractivity contribution in [1.29, 1.82) is 0 Å². The number of hydrogen-bond acceptors (Lipinski definition) is 5. The molecule has 32 heavy (non-hydrogen) atoms.